The molecule has 0 aliphatic heterocycles. The summed E-state index contributed by atoms with van der Waals surface area (Å²) in [7, 11) is 1.47. The van der Waals surface area contributed by atoms with Crippen LogP contribution in [0, 0.1) is 0 Å². The average molecular weight is 168 g/mol. The van der Waals surface area contributed by atoms with E-state index in [9.17, 15) is 9.59 Å². The number of hydrogen-bond acceptors (Lipinski definition) is 4. The van der Waals surface area contributed by atoms with Gasteiger partial charge in [0.25, 0.3) is 5.56 Å². The van der Waals surface area contributed by atoms with E-state index in [2.05, 4.69) is 10.3 Å². The summed E-state index contributed by atoms with van der Waals surface area (Å²) >= 11 is 0. The Balaban J connectivity index is 3.26. The van der Waals surface area contributed by atoms with Crippen molar-refractivity contribution in [1.29, 1.82) is 0 Å². The fourth-order valence-corrected chi connectivity index (χ4v) is 0.749. The third-order valence-electron chi connectivity index (χ3n) is 1.38. The molecule has 1 amide bonds. The molecule has 0 aliphatic rings. The molecule has 0 aliphatic carbocycles. The lowest BCUT2D eigenvalue weighted by Crippen LogP contribution is -2.23. The van der Waals surface area contributed by atoms with Gasteiger partial charge in [0.1, 0.15) is 5.69 Å². The largest absolute Gasteiger partial charge is 0.393 e. The molecule has 0 radical (unpaired) electrons. The van der Waals surface area contributed by atoms with Crippen molar-refractivity contribution in [3.63, 3.8) is 0 Å². The highest BCUT2D eigenvalue weighted by atomic mass is 16.1. The molecule has 1 rings (SSSR count). The second-order valence-corrected chi connectivity index (χ2v) is 2.16. The van der Waals surface area contributed by atoms with Crippen LogP contribution in [-0.2, 0) is 11.8 Å². The van der Waals surface area contributed by atoms with Crippen LogP contribution < -0.4 is 16.6 Å². The van der Waals surface area contributed by atoms with Gasteiger partial charge in [0.15, 0.2) is 0 Å². The van der Waals surface area contributed by atoms with Gasteiger partial charge in [0.05, 0.1) is 6.20 Å². The molecular formula is C6H8N4O2. The summed E-state index contributed by atoms with van der Waals surface area (Å²) in [6.07, 6.45) is 1.64. The topological polar surface area (TPSA) is 90.0 Å². The molecule has 1 heterocycles. The number of nitrogens with one attached hydrogen (secondary N) is 1. The Morgan fingerprint density at radius 2 is 2.42 bits per heavy atom. The molecule has 6 heteroatoms. The zero-order valence-corrected chi connectivity index (χ0v) is 6.44. The average Bonchev–Trinajstić information content (AvgIpc) is 2.07. The monoisotopic (exact) mass is 168 g/mol. The number of aromatic nitrogens is 2. The molecule has 1 aromatic heterocycles. The Kier molecular flexibility index (Phi) is 2.09. The summed E-state index contributed by atoms with van der Waals surface area (Å²) in [5.41, 5.74) is 4.94. The van der Waals surface area contributed by atoms with Crippen molar-refractivity contribution in [2.75, 3.05) is 11.1 Å². The van der Waals surface area contributed by atoms with Crippen LogP contribution in [0.1, 0.15) is 0 Å². The van der Waals surface area contributed by atoms with Crippen molar-refractivity contribution in [1.82, 2.24) is 9.55 Å². The second kappa shape index (κ2) is 3.04. The minimum absolute atomic E-state index is 0.0500. The number of carbonyl (C=O) groups excluding carboxylic acids is 1. The lowest BCUT2D eigenvalue weighted by atomic mass is 10.5. The van der Waals surface area contributed by atoms with Crippen molar-refractivity contribution in [3.05, 3.63) is 16.6 Å². The number of anilines is 2. The van der Waals surface area contributed by atoms with Crippen molar-refractivity contribution in [2.24, 2.45) is 7.05 Å². The third kappa shape index (κ3) is 1.26. The van der Waals surface area contributed by atoms with Crippen LogP contribution in [0.2, 0.25) is 0 Å². The van der Waals surface area contributed by atoms with Crippen LogP contribution >= 0.6 is 0 Å². The minimum atomic E-state index is -0.380. The molecule has 0 atom stereocenters. The van der Waals surface area contributed by atoms with E-state index in [0.29, 0.717) is 6.41 Å². The predicted octanol–water partition coefficient (Wildman–Crippen LogP) is -1.07. The van der Waals surface area contributed by atoms with E-state index in [1.807, 2.05) is 0 Å². The van der Waals surface area contributed by atoms with Gasteiger partial charge in [-0.15, -0.1) is 0 Å². The lowest BCUT2D eigenvalue weighted by Gasteiger charge is -2.04. The number of nitrogens with zero attached hydrogens (tertiary/aromatic N) is 2. The quantitative estimate of drug-likeness (QED) is 0.550. The Hall–Kier alpha value is -1.85. The smallest absolute Gasteiger partial charge is 0.277 e. The third-order valence-corrected chi connectivity index (χ3v) is 1.38. The molecule has 12 heavy (non-hydrogen) atoms. The van der Waals surface area contributed by atoms with E-state index < -0.39 is 0 Å². The van der Waals surface area contributed by atoms with Crippen LogP contribution in [0.15, 0.2) is 11.0 Å². The summed E-state index contributed by atoms with van der Waals surface area (Å²) in [5, 5.41) is 2.26. The Bertz CT molecular complexity index is 357. The van der Waals surface area contributed by atoms with Crippen molar-refractivity contribution >= 4 is 18.0 Å². The Morgan fingerprint density at radius 3 is 3.00 bits per heavy atom. The molecule has 64 valence electrons. The zero-order valence-electron chi connectivity index (χ0n) is 6.44. The molecule has 0 fully saturated rings. The van der Waals surface area contributed by atoms with Gasteiger partial charge in [0, 0.05) is 7.05 Å². The number of amides is 1. The molecule has 0 saturated carbocycles. The molecule has 1 aromatic rings. The van der Waals surface area contributed by atoms with Crippen LogP contribution in [-0.4, -0.2) is 16.0 Å². The van der Waals surface area contributed by atoms with Gasteiger partial charge >= 0.3 is 0 Å². The first-order valence-corrected chi connectivity index (χ1v) is 3.18. The predicted molar refractivity (Wildman–Crippen MR) is 43.6 cm³/mol. The van der Waals surface area contributed by atoms with E-state index in [1.54, 1.807) is 0 Å². The van der Waals surface area contributed by atoms with E-state index >= 15 is 0 Å². The summed E-state index contributed by atoms with van der Waals surface area (Å²) in [6, 6.07) is 0. The molecule has 6 nitrogen and oxygen atoms in total. The van der Waals surface area contributed by atoms with Gasteiger partial charge < -0.3 is 5.73 Å². The first-order chi connectivity index (χ1) is 5.66. The maximum Gasteiger partial charge on any atom is 0.277 e. The van der Waals surface area contributed by atoms with Crippen LogP contribution in [0.5, 0.6) is 0 Å². The van der Waals surface area contributed by atoms with Gasteiger partial charge in [-0.05, 0) is 0 Å². The molecule has 0 saturated heterocycles. The van der Waals surface area contributed by atoms with Crippen LogP contribution in [0.25, 0.3) is 0 Å². The molecule has 0 spiro atoms. The number of nitrogen functional groups attached to an aromatic ring is 1. The van der Waals surface area contributed by atoms with Crippen molar-refractivity contribution in [3.8, 4) is 0 Å². The van der Waals surface area contributed by atoms with Gasteiger partial charge in [-0.2, -0.15) is 0 Å². The standard InChI is InChI=1S/C6H8N4O2/c1-10-5(12)4(7)2-8-6(10)9-3-11/h2-3H,7H2,1H3,(H,8,9,11). The maximum atomic E-state index is 11.1. The van der Waals surface area contributed by atoms with Crippen LogP contribution in [0.3, 0.4) is 0 Å². The normalized spacial score (nSPS) is 9.42. The zero-order chi connectivity index (χ0) is 9.14. The van der Waals surface area contributed by atoms with Crippen LogP contribution in [0.4, 0.5) is 11.6 Å². The summed E-state index contributed by atoms with van der Waals surface area (Å²) in [6.45, 7) is 0. The second-order valence-electron chi connectivity index (χ2n) is 2.16. The molecule has 0 unspecified atom stereocenters. The number of nitrogens with two attached hydrogens (primary N) is 1. The summed E-state index contributed by atoms with van der Waals surface area (Å²) in [4.78, 5) is 24.9. The van der Waals surface area contributed by atoms with Crippen molar-refractivity contribution < 1.29 is 4.79 Å². The SMILES string of the molecule is Cn1c(NC=O)ncc(N)c1=O. The van der Waals surface area contributed by atoms with Gasteiger partial charge in [0.2, 0.25) is 12.4 Å². The maximum absolute atomic E-state index is 11.1. The van der Waals surface area contributed by atoms with E-state index in [4.69, 9.17) is 5.73 Å². The Morgan fingerprint density at radius 1 is 1.75 bits per heavy atom. The lowest BCUT2D eigenvalue weighted by molar-refractivity contribution is -0.105. The fraction of sp³-hybridized carbons (Fsp3) is 0.167. The fourth-order valence-electron chi connectivity index (χ4n) is 0.749. The molecule has 0 bridgehead atoms. The highest BCUT2D eigenvalue weighted by molar-refractivity contribution is 5.67. The van der Waals surface area contributed by atoms with Gasteiger partial charge in [-0.3, -0.25) is 19.5 Å². The summed E-state index contributed by atoms with van der Waals surface area (Å²) < 4.78 is 1.16. The van der Waals surface area contributed by atoms with E-state index in [0.717, 1.165) is 4.57 Å². The number of hydrogen-bond donors (Lipinski definition) is 2. The summed E-state index contributed by atoms with van der Waals surface area (Å²) in [5.74, 6) is 0.171. The molecule has 3 N–H and O–H groups in total. The molecular weight excluding hydrogens is 160 g/mol. The minimum Gasteiger partial charge on any atom is -0.393 e. The first kappa shape index (κ1) is 8.25. The van der Waals surface area contributed by atoms with Crippen molar-refractivity contribution in [2.45, 2.75) is 0 Å². The van der Waals surface area contributed by atoms with E-state index in [-0.39, 0.29) is 17.2 Å². The Labute approximate surface area is 68.0 Å². The first-order valence-electron chi connectivity index (χ1n) is 3.18. The number of rotatable bonds is 2. The number of carbonyl (C=O) groups is 1. The highest BCUT2D eigenvalue weighted by Gasteiger charge is 2.02. The highest BCUT2D eigenvalue weighted by Crippen LogP contribution is 1.97. The van der Waals surface area contributed by atoms with Gasteiger partial charge in [-0.25, -0.2) is 4.98 Å². The van der Waals surface area contributed by atoms with E-state index in [1.165, 1.54) is 13.2 Å². The van der Waals surface area contributed by atoms with Gasteiger partial charge in [-0.1, -0.05) is 0 Å². The molecule has 0 aromatic carbocycles.